The highest BCUT2D eigenvalue weighted by Crippen LogP contribution is 2.37. The molecule has 0 aliphatic carbocycles. The smallest absolute Gasteiger partial charge is 0.262 e. The second-order valence-electron chi connectivity index (χ2n) is 6.80. The van der Waals surface area contributed by atoms with Gasteiger partial charge in [0, 0.05) is 11.8 Å². The van der Waals surface area contributed by atoms with Crippen LogP contribution in [0.5, 0.6) is 17.2 Å². The molecule has 0 aliphatic heterocycles. The van der Waals surface area contributed by atoms with Gasteiger partial charge in [0.05, 0.1) is 33.9 Å². The maximum atomic E-state index is 13.0. The second kappa shape index (κ2) is 9.05. The Morgan fingerprint density at radius 3 is 2.47 bits per heavy atom. The molecule has 0 atom stereocenters. The van der Waals surface area contributed by atoms with Gasteiger partial charge in [-0.2, -0.15) is 0 Å². The second-order valence-corrected chi connectivity index (χ2v) is 9.51. The van der Waals surface area contributed by atoms with Crippen LogP contribution in [-0.2, 0) is 10.0 Å². The van der Waals surface area contributed by atoms with Crippen molar-refractivity contribution in [2.45, 2.75) is 18.7 Å². The van der Waals surface area contributed by atoms with Gasteiger partial charge in [-0.15, -0.1) is 11.3 Å². The van der Waals surface area contributed by atoms with Gasteiger partial charge in [0.25, 0.3) is 10.0 Å². The molecular weight excluding hydrogens is 448 g/mol. The Morgan fingerprint density at radius 1 is 0.969 bits per heavy atom. The van der Waals surface area contributed by atoms with Crippen molar-refractivity contribution in [2.24, 2.45) is 0 Å². The molecule has 0 unspecified atom stereocenters. The fraction of sp³-hybridized carbons (Fsp3) is 0.174. The van der Waals surface area contributed by atoms with E-state index in [1.807, 2.05) is 38.1 Å². The lowest BCUT2D eigenvalue weighted by molar-refractivity contribution is 0.287. The average molecular weight is 471 g/mol. The number of anilines is 1. The molecule has 0 aliphatic rings. The molecule has 4 rings (SSSR count). The van der Waals surface area contributed by atoms with Gasteiger partial charge in [0.15, 0.2) is 11.5 Å². The first-order valence-electron chi connectivity index (χ1n) is 10.0. The minimum Gasteiger partial charge on any atom is -0.507 e. The van der Waals surface area contributed by atoms with Crippen LogP contribution in [0.15, 0.2) is 65.6 Å². The number of aromatic nitrogens is 1. The largest absolute Gasteiger partial charge is 0.507 e. The van der Waals surface area contributed by atoms with Gasteiger partial charge in [-0.1, -0.05) is 12.1 Å². The van der Waals surface area contributed by atoms with Gasteiger partial charge in [0.2, 0.25) is 0 Å². The van der Waals surface area contributed by atoms with Crippen molar-refractivity contribution < 1.29 is 23.0 Å². The highest BCUT2D eigenvalue weighted by Gasteiger charge is 2.19. The topological polar surface area (TPSA) is 97.8 Å². The highest BCUT2D eigenvalue weighted by molar-refractivity contribution is 7.92. The van der Waals surface area contributed by atoms with E-state index in [2.05, 4.69) is 9.71 Å². The van der Waals surface area contributed by atoms with Crippen molar-refractivity contribution in [1.82, 2.24) is 4.98 Å². The van der Waals surface area contributed by atoms with E-state index in [9.17, 15) is 13.5 Å². The molecule has 1 aromatic heterocycles. The van der Waals surface area contributed by atoms with Crippen molar-refractivity contribution in [3.05, 3.63) is 60.7 Å². The van der Waals surface area contributed by atoms with Crippen LogP contribution in [-0.4, -0.2) is 31.7 Å². The van der Waals surface area contributed by atoms with E-state index in [4.69, 9.17) is 9.47 Å². The first-order chi connectivity index (χ1) is 15.4. The number of rotatable bonds is 8. The Bertz CT molecular complexity index is 1330. The number of hydrogen-bond acceptors (Lipinski definition) is 7. The van der Waals surface area contributed by atoms with Crippen molar-refractivity contribution in [2.75, 3.05) is 17.9 Å². The normalized spacial score (nSPS) is 11.4. The minimum atomic E-state index is -3.91. The molecule has 0 saturated carbocycles. The quantitative estimate of drug-likeness (QED) is 0.341. The number of ether oxygens (including phenoxy) is 2. The molecule has 1 heterocycles. The Balaban J connectivity index is 1.66. The predicted molar refractivity (Wildman–Crippen MR) is 126 cm³/mol. The lowest BCUT2D eigenvalue weighted by Gasteiger charge is -2.14. The number of sulfonamides is 1. The summed E-state index contributed by atoms with van der Waals surface area (Å²) < 4.78 is 40.6. The molecule has 9 heteroatoms. The van der Waals surface area contributed by atoms with E-state index >= 15 is 0 Å². The van der Waals surface area contributed by atoms with Gasteiger partial charge < -0.3 is 14.6 Å². The number of para-hydroxylation sites is 1. The van der Waals surface area contributed by atoms with Gasteiger partial charge in [-0.25, -0.2) is 13.4 Å². The van der Waals surface area contributed by atoms with Crippen LogP contribution in [0.25, 0.3) is 20.8 Å². The number of phenols is 1. The zero-order valence-electron chi connectivity index (χ0n) is 17.5. The van der Waals surface area contributed by atoms with E-state index in [-0.39, 0.29) is 10.6 Å². The molecule has 2 N–H and O–H groups in total. The van der Waals surface area contributed by atoms with Crippen molar-refractivity contribution in [3.63, 3.8) is 0 Å². The van der Waals surface area contributed by atoms with Crippen LogP contribution < -0.4 is 14.2 Å². The van der Waals surface area contributed by atoms with E-state index in [0.717, 1.165) is 10.2 Å². The van der Waals surface area contributed by atoms with Crippen LogP contribution >= 0.6 is 11.3 Å². The van der Waals surface area contributed by atoms with Crippen LogP contribution in [0.1, 0.15) is 13.8 Å². The number of nitrogens with zero attached hydrogens (tertiary/aromatic N) is 1. The molecule has 3 aromatic carbocycles. The summed E-state index contributed by atoms with van der Waals surface area (Å²) in [5.74, 6) is 0.862. The zero-order chi connectivity index (χ0) is 22.7. The Hall–Kier alpha value is -3.30. The van der Waals surface area contributed by atoms with Gasteiger partial charge in [-0.3, -0.25) is 4.72 Å². The summed E-state index contributed by atoms with van der Waals surface area (Å²) in [4.78, 5) is 4.59. The Morgan fingerprint density at radius 2 is 1.72 bits per heavy atom. The molecule has 7 nitrogen and oxygen atoms in total. The first kappa shape index (κ1) is 21.9. The van der Waals surface area contributed by atoms with Crippen molar-refractivity contribution in [1.29, 1.82) is 0 Å². The molecular formula is C23H22N2O5S2. The molecule has 166 valence electrons. The lowest BCUT2D eigenvalue weighted by Crippen LogP contribution is -2.13. The molecule has 0 fully saturated rings. The molecule has 0 bridgehead atoms. The number of fused-ring (bicyclic) bond motifs is 1. The van der Waals surface area contributed by atoms with Gasteiger partial charge >= 0.3 is 0 Å². The number of aromatic hydroxyl groups is 1. The molecule has 4 aromatic rings. The molecule has 0 spiro atoms. The number of nitrogens with one attached hydrogen (secondary N) is 1. The fourth-order valence-corrected chi connectivity index (χ4v) is 5.23. The van der Waals surface area contributed by atoms with Crippen LogP contribution in [0, 0.1) is 0 Å². The van der Waals surface area contributed by atoms with Gasteiger partial charge in [0.1, 0.15) is 10.8 Å². The monoisotopic (exact) mass is 470 g/mol. The molecule has 0 radical (unpaired) electrons. The Kier molecular flexibility index (Phi) is 6.20. The highest BCUT2D eigenvalue weighted by atomic mass is 32.2. The van der Waals surface area contributed by atoms with Gasteiger partial charge in [-0.05, 0) is 56.3 Å². The maximum Gasteiger partial charge on any atom is 0.262 e. The van der Waals surface area contributed by atoms with Crippen LogP contribution in [0.3, 0.4) is 0 Å². The summed E-state index contributed by atoms with van der Waals surface area (Å²) in [7, 11) is -3.91. The number of hydrogen-bond donors (Lipinski definition) is 2. The van der Waals surface area contributed by atoms with Crippen molar-refractivity contribution >= 4 is 37.3 Å². The standard InChI is InChI=1S/C23H22N2O5S2/c1-3-29-20-12-10-16(14-21(20)30-4-2)32(27,28)25-15-9-11-19(26)17(13-15)23-24-18-7-5-6-8-22(18)31-23/h5-14,25-26H,3-4H2,1-2H3. The minimum absolute atomic E-state index is 0.0201. The molecule has 32 heavy (non-hydrogen) atoms. The third kappa shape index (κ3) is 4.49. The summed E-state index contributed by atoms with van der Waals surface area (Å²) in [6, 6.07) is 16.6. The number of phenolic OH excluding ortho intramolecular Hbond substituents is 1. The Labute approximate surface area is 190 Å². The van der Waals surface area contributed by atoms with E-state index in [0.29, 0.717) is 41.0 Å². The summed E-state index contributed by atoms with van der Waals surface area (Å²) in [5, 5.41) is 11.0. The summed E-state index contributed by atoms with van der Waals surface area (Å²) in [6.45, 7) is 4.47. The summed E-state index contributed by atoms with van der Waals surface area (Å²) >= 11 is 1.42. The third-order valence-electron chi connectivity index (χ3n) is 4.60. The SMILES string of the molecule is CCOc1ccc(S(=O)(=O)Nc2ccc(O)c(-c3nc4ccccc4s3)c2)cc1OCC. The van der Waals surface area contributed by atoms with Crippen LogP contribution in [0.2, 0.25) is 0 Å². The van der Waals surface area contributed by atoms with Crippen LogP contribution in [0.4, 0.5) is 5.69 Å². The summed E-state index contributed by atoms with van der Waals surface area (Å²) in [6.07, 6.45) is 0. The maximum absolute atomic E-state index is 13.0. The summed E-state index contributed by atoms with van der Waals surface area (Å²) in [5.41, 5.74) is 1.58. The molecule has 0 saturated heterocycles. The van der Waals surface area contributed by atoms with E-state index in [1.165, 1.54) is 35.6 Å². The predicted octanol–water partition coefficient (Wildman–Crippen LogP) is 5.27. The first-order valence-corrected chi connectivity index (χ1v) is 12.3. The average Bonchev–Trinajstić information content (AvgIpc) is 3.20. The third-order valence-corrected chi connectivity index (χ3v) is 7.05. The lowest BCUT2D eigenvalue weighted by atomic mass is 10.2. The zero-order valence-corrected chi connectivity index (χ0v) is 19.2. The van der Waals surface area contributed by atoms with Crippen molar-refractivity contribution in [3.8, 4) is 27.8 Å². The number of benzene rings is 3. The number of thiazole rings is 1. The fourth-order valence-electron chi connectivity index (χ4n) is 3.17. The van der Waals surface area contributed by atoms with E-state index in [1.54, 1.807) is 12.1 Å². The molecule has 0 amide bonds. The van der Waals surface area contributed by atoms with E-state index < -0.39 is 10.0 Å².